The van der Waals surface area contributed by atoms with Crippen LogP contribution in [0.5, 0.6) is 0 Å². The van der Waals surface area contributed by atoms with Crippen molar-refractivity contribution in [2.75, 3.05) is 6.54 Å². The van der Waals surface area contributed by atoms with Gasteiger partial charge in [-0.25, -0.2) is 4.39 Å². The molecule has 18 heavy (non-hydrogen) atoms. The van der Waals surface area contributed by atoms with Gasteiger partial charge >= 0.3 is 0 Å². The molecule has 0 spiro atoms. The molecule has 90 valence electrons. The summed E-state index contributed by atoms with van der Waals surface area (Å²) in [6.07, 6.45) is 9.24. The van der Waals surface area contributed by atoms with E-state index in [0.29, 0.717) is 0 Å². The lowest BCUT2D eigenvalue weighted by molar-refractivity contribution is 0.525. The van der Waals surface area contributed by atoms with Gasteiger partial charge in [-0.05, 0) is 48.9 Å². The molecular weight excluding hydrogens is 225 g/mol. The van der Waals surface area contributed by atoms with E-state index >= 15 is 0 Å². The summed E-state index contributed by atoms with van der Waals surface area (Å²) in [7, 11) is 0. The Balaban J connectivity index is 2.46. The summed E-state index contributed by atoms with van der Waals surface area (Å²) < 4.78 is 12.9. The number of hydrogen-bond donors (Lipinski definition) is 0. The van der Waals surface area contributed by atoms with Crippen LogP contribution >= 0.6 is 0 Å². The van der Waals surface area contributed by atoms with E-state index < -0.39 is 0 Å². The Hall–Kier alpha value is -2.27. The molecule has 0 atom stereocenters. The maximum Gasteiger partial charge on any atom is 0.123 e. The molecule has 0 unspecified atom stereocenters. The molecular formula is C16H14FN. The summed E-state index contributed by atoms with van der Waals surface area (Å²) in [6.45, 7) is 6.81. The first kappa shape index (κ1) is 12.2. The molecule has 0 aromatic heterocycles. The summed E-state index contributed by atoms with van der Waals surface area (Å²) >= 11 is 0. The second-order valence-electron chi connectivity index (χ2n) is 3.97. The van der Waals surface area contributed by atoms with Crippen molar-refractivity contribution < 1.29 is 4.39 Å². The van der Waals surface area contributed by atoms with Gasteiger partial charge in [-0.1, -0.05) is 12.5 Å². The van der Waals surface area contributed by atoms with Crippen molar-refractivity contribution in [1.82, 2.24) is 4.90 Å². The van der Waals surface area contributed by atoms with Gasteiger partial charge in [0, 0.05) is 23.5 Å². The maximum atomic E-state index is 12.9. The standard InChI is InChI=1S/C16H14FN/c1-4-13-8-11-16(18(5-2)12(13)3)14-6-9-15(17)10-7-14/h1,6-11H,3,5H2,2H3. The van der Waals surface area contributed by atoms with Gasteiger partial charge in [0.1, 0.15) is 5.82 Å². The monoisotopic (exact) mass is 239 g/mol. The van der Waals surface area contributed by atoms with Crippen LogP contribution in [0, 0.1) is 18.2 Å². The average molecular weight is 239 g/mol. The minimum atomic E-state index is -0.239. The molecule has 0 amide bonds. The number of allylic oxidation sites excluding steroid dienone is 3. The fourth-order valence-electron chi connectivity index (χ4n) is 2.00. The van der Waals surface area contributed by atoms with E-state index in [1.165, 1.54) is 12.1 Å². The highest BCUT2D eigenvalue weighted by molar-refractivity contribution is 5.72. The molecule has 0 radical (unpaired) electrons. The van der Waals surface area contributed by atoms with Crippen molar-refractivity contribution in [2.45, 2.75) is 6.92 Å². The number of likely N-dealkylation sites (N-methyl/N-ethyl adjacent to an activating group) is 1. The molecule has 2 rings (SSSR count). The lowest BCUT2D eigenvalue weighted by Gasteiger charge is -2.30. The van der Waals surface area contributed by atoms with Crippen LogP contribution in [0.3, 0.4) is 0 Å². The van der Waals surface area contributed by atoms with E-state index in [2.05, 4.69) is 12.5 Å². The Morgan fingerprint density at radius 3 is 2.50 bits per heavy atom. The van der Waals surface area contributed by atoms with Gasteiger partial charge in [-0.2, -0.15) is 0 Å². The third-order valence-corrected chi connectivity index (χ3v) is 2.95. The van der Waals surface area contributed by atoms with E-state index in [1.54, 1.807) is 12.1 Å². The van der Waals surface area contributed by atoms with Crippen LogP contribution in [-0.4, -0.2) is 11.4 Å². The van der Waals surface area contributed by atoms with Gasteiger partial charge in [0.15, 0.2) is 0 Å². The molecule has 1 aliphatic heterocycles. The quantitative estimate of drug-likeness (QED) is 0.713. The maximum absolute atomic E-state index is 12.9. The molecule has 1 nitrogen and oxygen atoms in total. The van der Waals surface area contributed by atoms with Gasteiger partial charge in [-0.15, -0.1) is 6.42 Å². The minimum absolute atomic E-state index is 0.239. The molecule has 1 heterocycles. The molecule has 1 aromatic carbocycles. The molecule has 1 aliphatic rings. The van der Waals surface area contributed by atoms with Crippen molar-refractivity contribution in [1.29, 1.82) is 0 Å². The highest BCUT2D eigenvalue weighted by atomic mass is 19.1. The van der Waals surface area contributed by atoms with E-state index in [4.69, 9.17) is 6.42 Å². The second-order valence-corrected chi connectivity index (χ2v) is 3.97. The minimum Gasteiger partial charge on any atom is -0.341 e. The van der Waals surface area contributed by atoms with Crippen molar-refractivity contribution in [3.8, 4) is 12.3 Å². The van der Waals surface area contributed by atoms with Crippen molar-refractivity contribution >= 4 is 5.70 Å². The predicted octanol–water partition coefficient (Wildman–Crippen LogP) is 3.58. The highest BCUT2D eigenvalue weighted by Gasteiger charge is 2.18. The van der Waals surface area contributed by atoms with Crippen molar-refractivity contribution in [2.24, 2.45) is 0 Å². The first-order valence-corrected chi connectivity index (χ1v) is 5.78. The number of nitrogens with zero attached hydrogens (tertiary/aromatic N) is 1. The summed E-state index contributed by atoms with van der Waals surface area (Å²) in [6, 6.07) is 6.41. The molecule has 0 saturated heterocycles. The summed E-state index contributed by atoms with van der Waals surface area (Å²) in [4.78, 5) is 2.03. The topological polar surface area (TPSA) is 3.24 Å². The molecule has 0 N–H and O–H groups in total. The third-order valence-electron chi connectivity index (χ3n) is 2.95. The Labute approximate surface area is 107 Å². The largest absolute Gasteiger partial charge is 0.341 e. The smallest absolute Gasteiger partial charge is 0.123 e. The number of terminal acetylenes is 1. The molecule has 0 fully saturated rings. The van der Waals surface area contributed by atoms with E-state index in [-0.39, 0.29) is 5.82 Å². The molecule has 0 bridgehead atoms. The van der Waals surface area contributed by atoms with Crippen LogP contribution in [0.25, 0.3) is 5.70 Å². The van der Waals surface area contributed by atoms with Gasteiger partial charge in [0.25, 0.3) is 0 Å². The van der Waals surface area contributed by atoms with Crippen LogP contribution in [0.15, 0.2) is 54.3 Å². The number of benzene rings is 1. The molecule has 0 aliphatic carbocycles. The Bertz CT molecular complexity index is 570. The summed E-state index contributed by atoms with van der Waals surface area (Å²) in [5, 5.41) is 0. The van der Waals surface area contributed by atoms with Crippen LogP contribution in [-0.2, 0) is 0 Å². The summed E-state index contributed by atoms with van der Waals surface area (Å²) in [5.74, 6) is 2.38. The van der Waals surface area contributed by atoms with Crippen molar-refractivity contribution in [3.63, 3.8) is 0 Å². The van der Waals surface area contributed by atoms with Crippen LogP contribution in [0.2, 0.25) is 0 Å². The lowest BCUT2D eigenvalue weighted by atomic mass is 10.0. The van der Waals surface area contributed by atoms with E-state index in [9.17, 15) is 4.39 Å². The molecule has 1 aromatic rings. The fourth-order valence-corrected chi connectivity index (χ4v) is 2.00. The normalized spacial score (nSPS) is 14.9. The van der Waals surface area contributed by atoms with Crippen LogP contribution in [0.4, 0.5) is 4.39 Å². The van der Waals surface area contributed by atoms with Crippen molar-refractivity contribution in [3.05, 3.63) is 65.6 Å². The first-order valence-electron chi connectivity index (χ1n) is 5.78. The molecule has 0 saturated carbocycles. The van der Waals surface area contributed by atoms with Crippen LogP contribution < -0.4 is 0 Å². The van der Waals surface area contributed by atoms with E-state index in [0.717, 1.165) is 29.1 Å². The second kappa shape index (κ2) is 4.93. The van der Waals surface area contributed by atoms with E-state index in [1.807, 2.05) is 24.0 Å². The average Bonchev–Trinajstić information content (AvgIpc) is 2.39. The Kier molecular flexibility index (Phi) is 3.34. The predicted molar refractivity (Wildman–Crippen MR) is 72.8 cm³/mol. The van der Waals surface area contributed by atoms with Gasteiger partial charge in [0.2, 0.25) is 0 Å². The third kappa shape index (κ3) is 2.08. The Morgan fingerprint density at radius 1 is 1.28 bits per heavy atom. The first-order chi connectivity index (χ1) is 8.67. The highest BCUT2D eigenvalue weighted by Crippen LogP contribution is 2.30. The summed E-state index contributed by atoms with van der Waals surface area (Å²) in [5.41, 5.74) is 3.53. The van der Waals surface area contributed by atoms with Crippen LogP contribution in [0.1, 0.15) is 12.5 Å². The van der Waals surface area contributed by atoms with Gasteiger partial charge in [-0.3, -0.25) is 0 Å². The van der Waals surface area contributed by atoms with Gasteiger partial charge in [0.05, 0.1) is 0 Å². The zero-order chi connectivity index (χ0) is 13.1. The fraction of sp³-hybridized carbons (Fsp3) is 0.125. The zero-order valence-corrected chi connectivity index (χ0v) is 10.3. The zero-order valence-electron chi connectivity index (χ0n) is 10.3. The van der Waals surface area contributed by atoms with Gasteiger partial charge < -0.3 is 4.90 Å². The lowest BCUT2D eigenvalue weighted by Crippen LogP contribution is -2.23. The Morgan fingerprint density at radius 2 is 1.94 bits per heavy atom. The SMILES string of the molecule is C#CC1=CC=C(c2ccc(F)cc2)N(CC)C1=C. The number of hydrogen-bond acceptors (Lipinski definition) is 1. The number of rotatable bonds is 2. The molecule has 2 heteroatoms. The number of halogens is 1.